The molecular weight excluding hydrogens is 192 g/mol. The van der Waals surface area contributed by atoms with Crippen molar-refractivity contribution in [3.63, 3.8) is 0 Å². The number of fused-ring (bicyclic) bond motifs is 2. The van der Waals surface area contributed by atoms with Gasteiger partial charge < -0.3 is 15.3 Å². The molecule has 2 aliphatic rings. The van der Waals surface area contributed by atoms with Crippen molar-refractivity contribution in [2.45, 2.75) is 25.0 Å². The molecule has 1 saturated heterocycles. The molecule has 80 valence electrons. The fourth-order valence-corrected chi connectivity index (χ4v) is 2.62. The van der Waals surface area contributed by atoms with Crippen LogP contribution < -0.4 is 10.0 Å². The maximum absolute atomic E-state index is 11.1. The number of aromatic nitrogens is 1. The Morgan fingerprint density at radius 1 is 1.40 bits per heavy atom. The summed E-state index contributed by atoms with van der Waals surface area (Å²) in [7, 11) is 0. The summed E-state index contributed by atoms with van der Waals surface area (Å²) in [6.45, 7) is 2.57. The quantitative estimate of drug-likeness (QED) is 0.494. The highest BCUT2D eigenvalue weighted by Crippen LogP contribution is 2.41. The fourth-order valence-electron chi connectivity index (χ4n) is 2.62. The average molecular weight is 206 g/mol. The summed E-state index contributed by atoms with van der Waals surface area (Å²) in [6.07, 6.45) is 5.20. The highest BCUT2D eigenvalue weighted by molar-refractivity contribution is 5.32. The van der Waals surface area contributed by atoms with Gasteiger partial charge in [-0.1, -0.05) is 0 Å². The number of nitrogens with zero attached hydrogens (tertiary/aromatic N) is 1. The zero-order valence-electron chi connectivity index (χ0n) is 8.53. The second-order valence-corrected chi connectivity index (χ2v) is 4.28. The smallest absolute Gasteiger partial charge is 0.186 e. The molecule has 1 aromatic heterocycles. The molecule has 0 atom stereocenters. The molecule has 0 radical (unpaired) electrons. The lowest BCUT2D eigenvalue weighted by Gasteiger charge is -2.33. The Balaban J connectivity index is 2.03. The van der Waals surface area contributed by atoms with Gasteiger partial charge in [0.05, 0.1) is 12.2 Å². The van der Waals surface area contributed by atoms with E-state index < -0.39 is 0 Å². The van der Waals surface area contributed by atoms with E-state index in [1.807, 2.05) is 6.07 Å². The number of rotatable bonds is 0. The van der Waals surface area contributed by atoms with Gasteiger partial charge in [-0.3, -0.25) is 0 Å². The molecule has 0 unspecified atom stereocenters. The van der Waals surface area contributed by atoms with Crippen LogP contribution in [0.3, 0.4) is 0 Å². The summed E-state index contributed by atoms with van der Waals surface area (Å²) in [5.41, 5.74) is 2.15. The van der Waals surface area contributed by atoms with Gasteiger partial charge in [0.25, 0.3) is 0 Å². The van der Waals surface area contributed by atoms with Crippen LogP contribution in [-0.4, -0.2) is 13.1 Å². The van der Waals surface area contributed by atoms with Crippen LogP contribution in [0.2, 0.25) is 0 Å². The Labute approximate surface area is 88.5 Å². The molecule has 0 amide bonds. The van der Waals surface area contributed by atoms with E-state index in [4.69, 9.17) is 4.74 Å². The van der Waals surface area contributed by atoms with Crippen molar-refractivity contribution in [2.75, 3.05) is 13.1 Å². The Hall–Kier alpha value is -1.13. The van der Waals surface area contributed by atoms with E-state index in [2.05, 4.69) is 5.32 Å². The van der Waals surface area contributed by atoms with Gasteiger partial charge in [-0.15, -0.1) is 0 Å². The number of hydrogen-bond acceptors (Lipinski definition) is 3. The molecule has 1 N–H and O–H groups in total. The van der Waals surface area contributed by atoms with E-state index >= 15 is 0 Å². The first-order valence-electron chi connectivity index (χ1n) is 5.37. The standard InChI is InChI=1S/C11H14N2O2/c14-13-6-1-10-9(7-13)8-15-11(10)2-4-12-5-3-11/h1,6-7,12H,2-5,8H2. The summed E-state index contributed by atoms with van der Waals surface area (Å²) in [5, 5.41) is 14.5. The number of nitrogens with one attached hydrogen (secondary N) is 1. The van der Waals surface area contributed by atoms with E-state index in [0.717, 1.165) is 36.2 Å². The van der Waals surface area contributed by atoms with E-state index in [-0.39, 0.29) is 5.60 Å². The minimum Gasteiger partial charge on any atom is -0.619 e. The van der Waals surface area contributed by atoms with E-state index in [1.165, 1.54) is 5.56 Å². The Kier molecular flexibility index (Phi) is 1.94. The summed E-state index contributed by atoms with van der Waals surface area (Å²) in [5.74, 6) is 0. The van der Waals surface area contributed by atoms with Crippen molar-refractivity contribution in [3.05, 3.63) is 34.8 Å². The van der Waals surface area contributed by atoms with Crippen molar-refractivity contribution < 1.29 is 9.47 Å². The van der Waals surface area contributed by atoms with Crippen molar-refractivity contribution >= 4 is 0 Å². The van der Waals surface area contributed by atoms with Crippen molar-refractivity contribution in [3.8, 4) is 0 Å². The molecular formula is C11H14N2O2. The molecule has 2 aliphatic heterocycles. The second-order valence-electron chi connectivity index (χ2n) is 4.28. The first kappa shape index (κ1) is 9.12. The molecule has 0 aromatic carbocycles. The molecule has 3 heterocycles. The molecule has 4 heteroatoms. The average Bonchev–Trinajstić information content (AvgIpc) is 2.58. The summed E-state index contributed by atoms with van der Waals surface area (Å²) in [4.78, 5) is 0. The largest absolute Gasteiger partial charge is 0.619 e. The Morgan fingerprint density at radius 2 is 2.20 bits per heavy atom. The number of pyridine rings is 1. The van der Waals surface area contributed by atoms with Crippen LogP contribution in [0.15, 0.2) is 18.5 Å². The zero-order chi connectivity index (χ0) is 10.3. The highest BCUT2D eigenvalue weighted by Gasteiger charge is 2.41. The maximum atomic E-state index is 11.1. The topological polar surface area (TPSA) is 48.2 Å². The van der Waals surface area contributed by atoms with Gasteiger partial charge >= 0.3 is 0 Å². The molecule has 4 nitrogen and oxygen atoms in total. The molecule has 15 heavy (non-hydrogen) atoms. The number of ether oxygens (including phenoxy) is 1. The molecule has 1 fully saturated rings. The molecule has 0 aliphatic carbocycles. The first-order chi connectivity index (χ1) is 7.30. The van der Waals surface area contributed by atoms with Gasteiger partial charge in [0.15, 0.2) is 12.4 Å². The van der Waals surface area contributed by atoms with Crippen LogP contribution in [0.1, 0.15) is 24.0 Å². The van der Waals surface area contributed by atoms with Crippen LogP contribution in [0.4, 0.5) is 0 Å². The summed E-state index contributed by atoms with van der Waals surface area (Å²) in [6, 6.07) is 1.92. The van der Waals surface area contributed by atoms with Gasteiger partial charge in [-0.25, -0.2) is 0 Å². The summed E-state index contributed by atoms with van der Waals surface area (Å²) < 4.78 is 6.76. The Morgan fingerprint density at radius 3 is 3.00 bits per heavy atom. The lowest BCUT2D eigenvalue weighted by atomic mass is 9.85. The predicted molar refractivity (Wildman–Crippen MR) is 54.0 cm³/mol. The SMILES string of the molecule is [O-][n+]1ccc2c(c1)COC21CCNCC1. The lowest BCUT2D eigenvalue weighted by molar-refractivity contribution is -0.605. The van der Waals surface area contributed by atoms with Crippen LogP contribution in [0.5, 0.6) is 0 Å². The number of hydrogen-bond donors (Lipinski definition) is 1. The maximum Gasteiger partial charge on any atom is 0.186 e. The van der Waals surface area contributed by atoms with E-state index in [1.54, 1.807) is 12.4 Å². The van der Waals surface area contributed by atoms with Gasteiger partial charge in [-0.2, -0.15) is 4.73 Å². The minimum absolute atomic E-state index is 0.116. The van der Waals surface area contributed by atoms with E-state index in [9.17, 15) is 5.21 Å². The van der Waals surface area contributed by atoms with Crippen molar-refractivity contribution in [1.29, 1.82) is 0 Å². The van der Waals surface area contributed by atoms with Crippen molar-refractivity contribution in [1.82, 2.24) is 5.32 Å². The fraction of sp³-hybridized carbons (Fsp3) is 0.545. The first-order valence-corrected chi connectivity index (χ1v) is 5.37. The summed E-state index contributed by atoms with van der Waals surface area (Å²) >= 11 is 0. The third-order valence-electron chi connectivity index (χ3n) is 3.42. The van der Waals surface area contributed by atoms with E-state index in [0.29, 0.717) is 6.61 Å². The monoisotopic (exact) mass is 206 g/mol. The minimum atomic E-state index is -0.116. The molecule has 1 spiro atoms. The van der Waals surface area contributed by atoms with Gasteiger partial charge in [0.1, 0.15) is 0 Å². The third kappa shape index (κ3) is 1.33. The van der Waals surface area contributed by atoms with Crippen LogP contribution in [-0.2, 0) is 16.9 Å². The van der Waals surface area contributed by atoms with Crippen LogP contribution in [0, 0.1) is 5.21 Å². The zero-order valence-corrected chi connectivity index (χ0v) is 8.53. The van der Waals surface area contributed by atoms with Crippen LogP contribution >= 0.6 is 0 Å². The van der Waals surface area contributed by atoms with Gasteiger partial charge in [-0.05, 0) is 25.9 Å². The highest BCUT2D eigenvalue weighted by atomic mass is 16.5. The Bertz CT molecular complexity index is 386. The van der Waals surface area contributed by atoms with Crippen LogP contribution in [0.25, 0.3) is 0 Å². The number of piperidine rings is 1. The predicted octanol–water partition coefficient (Wildman–Crippen LogP) is 0.429. The molecule has 0 saturated carbocycles. The lowest BCUT2D eigenvalue weighted by Crippen LogP contribution is -2.39. The normalized spacial score (nSPS) is 22.9. The second kappa shape index (κ2) is 3.18. The van der Waals surface area contributed by atoms with Gasteiger partial charge in [0, 0.05) is 17.2 Å². The van der Waals surface area contributed by atoms with Crippen molar-refractivity contribution in [2.24, 2.45) is 0 Å². The molecule has 1 aromatic rings. The molecule has 0 bridgehead atoms. The molecule has 3 rings (SSSR count). The van der Waals surface area contributed by atoms with Gasteiger partial charge in [0.2, 0.25) is 0 Å². The third-order valence-corrected chi connectivity index (χ3v) is 3.42.